The Balaban J connectivity index is -0.000000602. The second kappa shape index (κ2) is 19.5. The number of nitrogens with zero attached hydrogens (tertiary/aromatic N) is 2. The number of carbonyl (C=O) groups is 4. The second-order valence-electron chi connectivity index (χ2n) is 4.00. The van der Waals surface area contributed by atoms with E-state index in [4.69, 9.17) is 20.4 Å². The molecule has 0 fully saturated rings. The van der Waals surface area contributed by atoms with Gasteiger partial charge in [0.2, 0.25) is 0 Å². The molecule has 0 aromatic rings. The van der Waals surface area contributed by atoms with Gasteiger partial charge in [0, 0.05) is 13.1 Å². The third-order valence-corrected chi connectivity index (χ3v) is 2.17. The van der Waals surface area contributed by atoms with E-state index < -0.39 is 50.1 Å². The zero-order valence-electron chi connectivity index (χ0n) is 10.6. The molecule has 13 heteroatoms. The van der Waals surface area contributed by atoms with Crippen molar-refractivity contribution in [3.63, 3.8) is 0 Å². The molecule has 0 amide bonds. The maximum atomic E-state index is 10.6. The molecule has 0 atom stereocenters. The fourth-order valence-electron chi connectivity index (χ4n) is 1.48. The summed E-state index contributed by atoms with van der Waals surface area (Å²) in [4.78, 5) is 44.4. The first-order valence-electron chi connectivity index (χ1n) is 5.52. The van der Waals surface area contributed by atoms with E-state index in [1.807, 2.05) is 0 Å². The molecule has 0 radical (unpaired) electrons. The van der Waals surface area contributed by atoms with Gasteiger partial charge in [-0.2, -0.15) is 0 Å². The van der Waals surface area contributed by atoms with Gasteiger partial charge in [0.05, 0.1) is 26.2 Å². The predicted molar refractivity (Wildman–Crippen MR) is 84.9 cm³/mol. The molecule has 0 rings (SSSR count). The average Bonchev–Trinajstić information content (AvgIpc) is 2.22. The summed E-state index contributed by atoms with van der Waals surface area (Å²) >= 11 is 0. The van der Waals surface area contributed by atoms with E-state index in [2.05, 4.69) is 0 Å². The number of hydrogen-bond donors (Lipinski definition) is 4. The molecule has 0 aliphatic carbocycles. The van der Waals surface area contributed by atoms with Gasteiger partial charge in [-0.05, 0) is 0 Å². The Bertz CT molecular complexity index is 328. The SMILES string of the molecule is O=C(O)CN(CCN(CC(=O)O)CC(=O)O)CC(=O)O.[KH].[KH].[KH]. The van der Waals surface area contributed by atoms with Crippen LogP contribution in [0.5, 0.6) is 0 Å². The van der Waals surface area contributed by atoms with Crippen molar-refractivity contribution in [1.29, 1.82) is 0 Å². The summed E-state index contributed by atoms with van der Waals surface area (Å²) in [7, 11) is 0. The Labute approximate surface area is 260 Å². The molecular weight excluding hydrogens is 393 g/mol. The van der Waals surface area contributed by atoms with Crippen molar-refractivity contribution >= 4 is 178 Å². The second-order valence-corrected chi connectivity index (χ2v) is 4.00. The van der Waals surface area contributed by atoms with Gasteiger partial charge in [-0.1, -0.05) is 0 Å². The number of hydrogen-bond acceptors (Lipinski definition) is 6. The van der Waals surface area contributed by atoms with Gasteiger partial charge in [-0.3, -0.25) is 29.0 Å². The molecule has 0 heterocycles. The summed E-state index contributed by atoms with van der Waals surface area (Å²) in [5.74, 6) is -4.91. The third-order valence-electron chi connectivity index (χ3n) is 2.17. The van der Waals surface area contributed by atoms with Gasteiger partial charge >= 0.3 is 178 Å². The van der Waals surface area contributed by atoms with Gasteiger partial charge in [-0.25, -0.2) is 0 Å². The summed E-state index contributed by atoms with van der Waals surface area (Å²) in [6.45, 7) is -2.25. The van der Waals surface area contributed by atoms with Gasteiger partial charge in [0.15, 0.2) is 0 Å². The Morgan fingerprint density at radius 2 is 0.696 bits per heavy atom. The van der Waals surface area contributed by atoms with E-state index in [1.165, 1.54) is 0 Å². The van der Waals surface area contributed by atoms with Crippen LogP contribution in [-0.4, -0.2) is 248 Å². The number of rotatable bonds is 11. The predicted octanol–water partition coefficient (Wildman–Crippen LogP) is -4.02. The maximum absolute atomic E-state index is 10.6. The molecule has 0 saturated heterocycles. The molecule has 0 aromatic heterocycles. The summed E-state index contributed by atoms with van der Waals surface area (Å²) < 4.78 is 0. The van der Waals surface area contributed by atoms with Crippen LogP contribution >= 0.6 is 0 Å². The van der Waals surface area contributed by atoms with Gasteiger partial charge in [-0.15, -0.1) is 0 Å². The number of carboxylic acids is 4. The van der Waals surface area contributed by atoms with Crippen LogP contribution in [0.3, 0.4) is 0 Å². The normalized spacial score (nSPS) is 9.30. The fourth-order valence-corrected chi connectivity index (χ4v) is 1.48. The Morgan fingerprint density at radius 1 is 0.522 bits per heavy atom. The molecule has 0 saturated carbocycles. The van der Waals surface area contributed by atoms with Crippen LogP contribution in [0.4, 0.5) is 0 Å². The van der Waals surface area contributed by atoms with Crippen LogP contribution in [0.25, 0.3) is 0 Å². The first kappa shape index (κ1) is 33.3. The zero-order valence-corrected chi connectivity index (χ0v) is 10.6. The average molecular weight is 413 g/mol. The van der Waals surface area contributed by atoms with E-state index in [0.717, 1.165) is 9.80 Å². The minimum absolute atomic E-state index is 0. The number of aliphatic carboxylic acids is 4. The summed E-state index contributed by atoms with van der Waals surface area (Å²) in [6, 6.07) is 0. The van der Waals surface area contributed by atoms with Crippen molar-refractivity contribution in [3.8, 4) is 0 Å². The van der Waals surface area contributed by atoms with Crippen LogP contribution < -0.4 is 0 Å². The van der Waals surface area contributed by atoms with E-state index in [-0.39, 0.29) is 167 Å². The van der Waals surface area contributed by atoms with Crippen LogP contribution in [0.1, 0.15) is 0 Å². The van der Waals surface area contributed by atoms with Crippen molar-refractivity contribution in [2.45, 2.75) is 0 Å². The Morgan fingerprint density at radius 3 is 0.826 bits per heavy atom. The van der Waals surface area contributed by atoms with Crippen LogP contribution in [0.2, 0.25) is 0 Å². The molecule has 0 aliphatic heterocycles. The van der Waals surface area contributed by atoms with Gasteiger partial charge in [0.25, 0.3) is 0 Å². The Kier molecular flexibility index (Phi) is 28.2. The zero-order chi connectivity index (χ0) is 15.7. The summed E-state index contributed by atoms with van der Waals surface area (Å²) in [5.41, 5.74) is 0. The van der Waals surface area contributed by atoms with E-state index >= 15 is 0 Å². The van der Waals surface area contributed by atoms with Crippen LogP contribution in [0.15, 0.2) is 0 Å². The Hall–Kier alpha value is 2.71. The standard InChI is InChI=1S/C10H16N2O8.3K.3H/c13-7(14)3-11(4-8(15)16)1-2-12(5-9(17)18)6-10(19)20;;;;;;/h1-6H2,(H,13,14)(H,15,16)(H,17,18)(H,19,20);;;;;;. The quantitative estimate of drug-likeness (QED) is 0.247. The fraction of sp³-hybridized carbons (Fsp3) is 0.600. The molecule has 4 N–H and O–H groups in total. The third kappa shape index (κ3) is 22.7. The monoisotopic (exact) mass is 412 g/mol. The van der Waals surface area contributed by atoms with E-state index in [9.17, 15) is 19.2 Å². The molecule has 0 spiro atoms. The van der Waals surface area contributed by atoms with Crippen LogP contribution in [0, 0.1) is 0 Å². The van der Waals surface area contributed by atoms with E-state index in [1.54, 1.807) is 0 Å². The topological polar surface area (TPSA) is 156 Å². The first-order valence-corrected chi connectivity index (χ1v) is 5.52. The van der Waals surface area contributed by atoms with Crippen molar-refractivity contribution in [2.24, 2.45) is 0 Å². The molecule has 0 aliphatic rings. The molecule has 120 valence electrons. The van der Waals surface area contributed by atoms with Crippen LogP contribution in [-0.2, 0) is 19.2 Å². The minimum atomic E-state index is -1.23. The van der Waals surface area contributed by atoms with E-state index in [0.29, 0.717) is 0 Å². The summed E-state index contributed by atoms with van der Waals surface area (Å²) in [5, 5.41) is 34.5. The molecular formula is C10H19K3N2O8. The molecule has 10 nitrogen and oxygen atoms in total. The molecule has 23 heavy (non-hydrogen) atoms. The first-order chi connectivity index (χ1) is 9.20. The van der Waals surface area contributed by atoms with Gasteiger partial charge in [0.1, 0.15) is 0 Å². The van der Waals surface area contributed by atoms with Crippen molar-refractivity contribution < 1.29 is 39.6 Å². The molecule has 0 bridgehead atoms. The van der Waals surface area contributed by atoms with Crippen molar-refractivity contribution in [3.05, 3.63) is 0 Å². The number of carboxylic acid groups (broad SMARTS) is 4. The van der Waals surface area contributed by atoms with Crippen molar-refractivity contribution in [2.75, 3.05) is 39.3 Å². The van der Waals surface area contributed by atoms with Crippen molar-refractivity contribution in [1.82, 2.24) is 9.80 Å². The summed E-state index contributed by atoms with van der Waals surface area (Å²) in [6.07, 6.45) is 0. The molecule has 0 unspecified atom stereocenters. The molecule has 0 aromatic carbocycles. The van der Waals surface area contributed by atoms with Gasteiger partial charge < -0.3 is 20.4 Å².